The van der Waals surface area contributed by atoms with Crippen molar-refractivity contribution in [2.45, 2.75) is 19.1 Å². The van der Waals surface area contributed by atoms with E-state index in [4.69, 9.17) is 10.3 Å². The lowest BCUT2D eigenvalue weighted by molar-refractivity contribution is 0.0237. The maximum absolute atomic E-state index is 9.85. The van der Waals surface area contributed by atoms with Crippen molar-refractivity contribution in [1.29, 1.82) is 0 Å². The van der Waals surface area contributed by atoms with E-state index in [2.05, 4.69) is 15.0 Å². The summed E-state index contributed by atoms with van der Waals surface area (Å²) < 4.78 is 4.93. The number of aliphatic hydroxyl groups is 2. The first kappa shape index (κ1) is 13.2. The molecule has 7 nitrogen and oxygen atoms in total. The maximum atomic E-state index is 9.85. The van der Waals surface area contributed by atoms with Gasteiger partial charge in [-0.3, -0.25) is 0 Å². The summed E-state index contributed by atoms with van der Waals surface area (Å²) >= 11 is 0. The fourth-order valence-electron chi connectivity index (χ4n) is 1.40. The Hall–Kier alpha value is -1.82. The predicted molar refractivity (Wildman–Crippen MR) is 60.5 cm³/mol. The minimum atomic E-state index is -1.15. The number of ether oxygens (including phenoxy) is 1. The largest absolute Gasteiger partial charge is 0.481 e. The smallest absolute Gasteiger partial charge is 0.213 e. The van der Waals surface area contributed by atoms with Gasteiger partial charge in [0.25, 0.3) is 0 Å². The molecule has 0 aromatic carbocycles. The third-order valence-corrected chi connectivity index (χ3v) is 2.33. The van der Waals surface area contributed by atoms with Crippen molar-refractivity contribution in [3.63, 3.8) is 0 Å². The van der Waals surface area contributed by atoms with Crippen LogP contribution in [0.3, 0.4) is 0 Å². The van der Waals surface area contributed by atoms with E-state index in [1.54, 1.807) is 19.1 Å². The number of aryl methyl sites for hydroxylation is 1. The average Bonchev–Trinajstić information content (AvgIpc) is 2.34. The van der Waals surface area contributed by atoms with Gasteiger partial charge < -0.3 is 14.9 Å². The Kier molecular flexibility index (Phi) is 4.71. The van der Waals surface area contributed by atoms with E-state index in [1.807, 2.05) is 0 Å². The van der Waals surface area contributed by atoms with Crippen LogP contribution in [0.1, 0.15) is 17.4 Å². The highest BCUT2D eigenvalue weighted by Gasteiger charge is 2.20. The number of hydrogen-bond donors (Lipinski definition) is 2. The summed E-state index contributed by atoms with van der Waals surface area (Å²) in [6.45, 7) is 1.50. The van der Waals surface area contributed by atoms with Crippen LogP contribution in [0, 0.1) is 6.92 Å². The van der Waals surface area contributed by atoms with Crippen LogP contribution in [0.15, 0.2) is 17.2 Å². The molecule has 0 radical (unpaired) electrons. The molecule has 0 fully saturated rings. The summed E-state index contributed by atoms with van der Waals surface area (Å²) in [5.41, 5.74) is 9.16. The molecule has 0 bridgehead atoms. The minimum absolute atomic E-state index is 0.191. The molecule has 0 amide bonds. The molecule has 1 aromatic rings. The minimum Gasteiger partial charge on any atom is -0.481 e. The Morgan fingerprint density at radius 3 is 2.76 bits per heavy atom. The normalized spacial score (nSPS) is 13.6. The molecule has 1 heterocycles. The Labute approximate surface area is 98.3 Å². The van der Waals surface area contributed by atoms with Crippen molar-refractivity contribution in [3.8, 4) is 5.88 Å². The van der Waals surface area contributed by atoms with Gasteiger partial charge in [-0.25, -0.2) is 4.98 Å². The number of nitrogens with zero attached hydrogens (tertiary/aromatic N) is 4. The fraction of sp³-hybridized carbons (Fsp3) is 0.500. The van der Waals surface area contributed by atoms with E-state index in [0.717, 1.165) is 0 Å². The van der Waals surface area contributed by atoms with E-state index in [9.17, 15) is 10.2 Å². The van der Waals surface area contributed by atoms with Gasteiger partial charge in [0.1, 0.15) is 6.10 Å². The summed E-state index contributed by atoms with van der Waals surface area (Å²) in [5, 5.41) is 22.6. The number of azide groups is 1. The molecular formula is C10H14N4O3. The van der Waals surface area contributed by atoms with Gasteiger partial charge >= 0.3 is 0 Å². The quantitative estimate of drug-likeness (QED) is 0.454. The van der Waals surface area contributed by atoms with Crippen molar-refractivity contribution in [2.24, 2.45) is 5.11 Å². The lowest BCUT2D eigenvalue weighted by atomic mass is 10.0. The molecule has 17 heavy (non-hydrogen) atoms. The van der Waals surface area contributed by atoms with Crippen LogP contribution >= 0.6 is 0 Å². The highest BCUT2D eigenvalue weighted by Crippen LogP contribution is 2.22. The van der Waals surface area contributed by atoms with Gasteiger partial charge in [-0.2, -0.15) is 0 Å². The number of hydrogen-bond acceptors (Lipinski definition) is 5. The van der Waals surface area contributed by atoms with Gasteiger partial charge in [0.15, 0.2) is 0 Å². The monoisotopic (exact) mass is 238 g/mol. The zero-order valence-corrected chi connectivity index (χ0v) is 9.61. The molecule has 0 saturated carbocycles. The highest BCUT2D eigenvalue weighted by atomic mass is 16.5. The molecular weight excluding hydrogens is 224 g/mol. The average molecular weight is 238 g/mol. The van der Waals surface area contributed by atoms with Crippen LogP contribution in [-0.2, 0) is 0 Å². The topological polar surface area (TPSA) is 111 Å². The Bertz CT molecular complexity index is 432. The fourth-order valence-corrected chi connectivity index (χ4v) is 1.40. The maximum Gasteiger partial charge on any atom is 0.213 e. The number of methoxy groups -OCH3 is 1. The summed E-state index contributed by atoms with van der Waals surface area (Å²) in [5.74, 6) is 0.433. The first-order chi connectivity index (χ1) is 8.10. The number of aliphatic hydroxyl groups excluding tert-OH is 2. The van der Waals surface area contributed by atoms with Crippen molar-refractivity contribution in [1.82, 2.24) is 4.98 Å². The zero-order chi connectivity index (χ0) is 12.8. The van der Waals surface area contributed by atoms with E-state index in [1.165, 1.54) is 7.11 Å². The van der Waals surface area contributed by atoms with Gasteiger partial charge in [-0.15, -0.1) is 0 Å². The Morgan fingerprint density at radius 1 is 1.53 bits per heavy atom. The number of rotatable bonds is 5. The standard InChI is InChI=1S/C10H14N4O3/c1-6-7(3-4-9(13-6)17-2)10(16)8(15)5-12-14-11/h3-4,8,10,15-16H,5H2,1-2H3. The predicted octanol–water partition coefficient (Wildman–Crippen LogP) is 1.10. The molecule has 2 unspecified atom stereocenters. The summed E-state index contributed by atoms with van der Waals surface area (Å²) in [7, 11) is 1.49. The summed E-state index contributed by atoms with van der Waals surface area (Å²) in [4.78, 5) is 6.60. The molecule has 0 aliphatic rings. The third kappa shape index (κ3) is 3.32. The van der Waals surface area contributed by atoms with Gasteiger partial charge in [-0.05, 0) is 18.5 Å². The molecule has 1 aromatic heterocycles. The van der Waals surface area contributed by atoms with Gasteiger partial charge in [0, 0.05) is 22.2 Å². The van der Waals surface area contributed by atoms with Gasteiger partial charge in [-0.1, -0.05) is 5.11 Å². The van der Waals surface area contributed by atoms with E-state index < -0.39 is 12.2 Å². The van der Waals surface area contributed by atoms with E-state index in [-0.39, 0.29) is 6.54 Å². The van der Waals surface area contributed by atoms with Crippen molar-refractivity contribution in [2.75, 3.05) is 13.7 Å². The molecule has 2 atom stereocenters. The van der Waals surface area contributed by atoms with Crippen molar-refractivity contribution >= 4 is 0 Å². The van der Waals surface area contributed by atoms with Crippen LogP contribution in [0.2, 0.25) is 0 Å². The SMILES string of the molecule is COc1ccc(C(O)C(O)CN=[N+]=[N-])c(C)n1. The first-order valence-corrected chi connectivity index (χ1v) is 4.98. The second-order valence-electron chi connectivity index (χ2n) is 3.45. The lowest BCUT2D eigenvalue weighted by Crippen LogP contribution is -2.22. The third-order valence-electron chi connectivity index (χ3n) is 2.33. The second-order valence-corrected chi connectivity index (χ2v) is 3.45. The molecule has 0 saturated heterocycles. The molecule has 0 aliphatic heterocycles. The van der Waals surface area contributed by atoms with Crippen molar-refractivity contribution < 1.29 is 14.9 Å². The Balaban J connectivity index is 2.88. The van der Waals surface area contributed by atoms with Crippen LogP contribution in [0.4, 0.5) is 0 Å². The Morgan fingerprint density at radius 2 is 2.24 bits per heavy atom. The highest BCUT2D eigenvalue weighted by molar-refractivity contribution is 5.27. The molecule has 0 aliphatic carbocycles. The van der Waals surface area contributed by atoms with Crippen LogP contribution < -0.4 is 4.74 Å². The molecule has 0 spiro atoms. The first-order valence-electron chi connectivity index (χ1n) is 4.98. The second kappa shape index (κ2) is 6.05. The number of aromatic nitrogens is 1. The van der Waals surface area contributed by atoms with E-state index >= 15 is 0 Å². The molecule has 92 valence electrons. The number of pyridine rings is 1. The van der Waals surface area contributed by atoms with Gasteiger partial charge in [0.2, 0.25) is 5.88 Å². The molecule has 2 N–H and O–H groups in total. The van der Waals surface area contributed by atoms with Crippen molar-refractivity contribution in [3.05, 3.63) is 33.8 Å². The van der Waals surface area contributed by atoms with Gasteiger partial charge in [0.05, 0.1) is 19.8 Å². The van der Waals surface area contributed by atoms with Crippen LogP contribution in [-0.4, -0.2) is 35.0 Å². The zero-order valence-electron chi connectivity index (χ0n) is 9.61. The summed E-state index contributed by atoms with van der Waals surface area (Å²) in [6.07, 6.45) is -2.29. The molecule has 1 rings (SSSR count). The van der Waals surface area contributed by atoms with Crippen LogP contribution in [0.5, 0.6) is 5.88 Å². The lowest BCUT2D eigenvalue weighted by Gasteiger charge is -2.18. The van der Waals surface area contributed by atoms with Crippen LogP contribution in [0.25, 0.3) is 10.4 Å². The molecule has 7 heteroatoms. The summed E-state index contributed by atoms with van der Waals surface area (Å²) in [6, 6.07) is 3.21. The van der Waals surface area contributed by atoms with E-state index in [0.29, 0.717) is 17.1 Å².